The maximum Gasteiger partial charge on any atom is 0.321 e. The van der Waals surface area contributed by atoms with E-state index in [2.05, 4.69) is 20.7 Å². The van der Waals surface area contributed by atoms with Crippen LogP contribution < -0.4 is 4.72 Å². The molecule has 1 aromatic rings. The van der Waals surface area contributed by atoms with Crippen LogP contribution in [0.25, 0.3) is 0 Å². The van der Waals surface area contributed by atoms with E-state index in [9.17, 15) is 13.2 Å². The molecule has 0 heterocycles. The van der Waals surface area contributed by atoms with Crippen LogP contribution in [0.5, 0.6) is 0 Å². The number of benzene rings is 1. The van der Waals surface area contributed by atoms with E-state index < -0.39 is 22.0 Å². The average Bonchev–Trinajstić information content (AvgIpc) is 2.21. The van der Waals surface area contributed by atoms with E-state index in [4.69, 9.17) is 5.11 Å². The minimum Gasteiger partial charge on any atom is -0.480 e. The molecule has 0 bridgehead atoms. The highest BCUT2D eigenvalue weighted by Gasteiger charge is 2.21. The molecular formula is C10H12BrNO4S. The second kappa shape index (κ2) is 5.16. The summed E-state index contributed by atoms with van der Waals surface area (Å²) in [7, 11) is -3.80. The highest BCUT2D eigenvalue weighted by molar-refractivity contribution is 9.10. The molecule has 0 unspecified atom stereocenters. The van der Waals surface area contributed by atoms with Crippen LogP contribution in [0.3, 0.4) is 0 Å². The van der Waals surface area contributed by atoms with Gasteiger partial charge in [-0.25, -0.2) is 8.42 Å². The molecular weight excluding hydrogens is 310 g/mol. The van der Waals surface area contributed by atoms with Crippen molar-refractivity contribution in [1.82, 2.24) is 4.72 Å². The summed E-state index contributed by atoms with van der Waals surface area (Å²) in [6, 6.07) is 3.34. The van der Waals surface area contributed by atoms with E-state index in [1.165, 1.54) is 19.1 Å². The second-order valence-corrected chi connectivity index (χ2v) is 6.16. The summed E-state index contributed by atoms with van der Waals surface area (Å²) in [5, 5.41) is 8.65. The molecule has 17 heavy (non-hydrogen) atoms. The molecule has 0 fully saturated rings. The molecule has 0 aliphatic rings. The van der Waals surface area contributed by atoms with Crippen molar-refractivity contribution in [3.05, 3.63) is 28.2 Å². The number of hydrogen-bond acceptors (Lipinski definition) is 3. The number of carboxylic acid groups (broad SMARTS) is 1. The van der Waals surface area contributed by atoms with Crippen LogP contribution in [-0.2, 0) is 14.8 Å². The lowest BCUT2D eigenvalue weighted by Gasteiger charge is -2.10. The number of sulfonamides is 1. The van der Waals surface area contributed by atoms with E-state index in [-0.39, 0.29) is 4.90 Å². The van der Waals surface area contributed by atoms with Gasteiger partial charge < -0.3 is 5.11 Å². The molecule has 0 saturated heterocycles. The number of aryl methyl sites for hydroxylation is 1. The summed E-state index contributed by atoms with van der Waals surface area (Å²) in [6.07, 6.45) is 0. The summed E-state index contributed by atoms with van der Waals surface area (Å²) in [5.41, 5.74) is 0.898. The Balaban J connectivity index is 3.05. The van der Waals surface area contributed by atoms with Gasteiger partial charge in [0.2, 0.25) is 10.0 Å². The van der Waals surface area contributed by atoms with Gasteiger partial charge in [0.1, 0.15) is 6.04 Å². The first-order chi connectivity index (χ1) is 7.74. The molecule has 1 aromatic carbocycles. The van der Waals surface area contributed by atoms with Gasteiger partial charge in [-0.05, 0) is 31.5 Å². The molecule has 0 aliphatic carbocycles. The summed E-state index contributed by atoms with van der Waals surface area (Å²) in [5.74, 6) is -1.22. The van der Waals surface area contributed by atoms with Crippen LogP contribution in [0, 0.1) is 6.92 Å². The van der Waals surface area contributed by atoms with Crippen molar-refractivity contribution < 1.29 is 18.3 Å². The quantitative estimate of drug-likeness (QED) is 0.880. The fourth-order valence-electron chi connectivity index (χ4n) is 1.09. The molecule has 0 aliphatic heterocycles. The zero-order valence-corrected chi connectivity index (χ0v) is 11.7. The van der Waals surface area contributed by atoms with Gasteiger partial charge in [-0.2, -0.15) is 4.72 Å². The first kappa shape index (κ1) is 14.1. The van der Waals surface area contributed by atoms with Crippen LogP contribution in [-0.4, -0.2) is 25.5 Å². The van der Waals surface area contributed by atoms with E-state index in [1.807, 2.05) is 6.92 Å². The maximum absolute atomic E-state index is 11.8. The summed E-state index contributed by atoms with van der Waals surface area (Å²) in [6.45, 7) is 3.09. The molecule has 0 spiro atoms. The molecule has 5 nitrogen and oxygen atoms in total. The summed E-state index contributed by atoms with van der Waals surface area (Å²) in [4.78, 5) is 10.6. The van der Waals surface area contributed by atoms with Crippen molar-refractivity contribution in [1.29, 1.82) is 0 Å². The van der Waals surface area contributed by atoms with Crippen molar-refractivity contribution in [3.63, 3.8) is 0 Å². The molecule has 7 heteroatoms. The summed E-state index contributed by atoms with van der Waals surface area (Å²) < 4.78 is 26.4. The molecule has 1 atom stereocenters. The monoisotopic (exact) mass is 321 g/mol. The van der Waals surface area contributed by atoms with Crippen LogP contribution in [0.1, 0.15) is 12.5 Å². The smallest absolute Gasteiger partial charge is 0.321 e. The number of halogens is 1. The Bertz CT molecular complexity index is 541. The number of rotatable bonds is 4. The van der Waals surface area contributed by atoms with Gasteiger partial charge in [0.15, 0.2) is 0 Å². The van der Waals surface area contributed by atoms with Crippen molar-refractivity contribution in [2.24, 2.45) is 0 Å². The maximum atomic E-state index is 11.8. The predicted octanol–water partition coefficient (Wildman–Crippen LogP) is 1.51. The Morgan fingerprint density at radius 3 is 2.53 bits per heavy atom. The van der Waals surface area contributed by atoms with Crippen LogP contribution >= 0.6 is 15.9 Å². The Morgan fingerprint density at radius 2 is 2.06 bits per heavy atom. The topological polar surface area (TPSA) is 83.5 Å². The van der Waals surface area contributed by atoms with Crippen molar-refractivity contribution in [2.75, 3.05) is 0 Å². The number of carbonyl (C=O) groups is 1. The lowest BCUT2D eigenvalue weighted by molar-refractivity contribution is -0.138. The predicted molar refractivity (Wildman–Crippen MR) is 66.3 cm³/mol. The lowest BCUT2D eigenvalue weighted by atomic mass is 10.2. The number of aliphatic carboxylic acids is 1. The van der Waals surface area contributed by atoms with Crippen LogP contribution in [0.4, 0.5) is 0 Å². The van der Waals surface area contributed by atoms with Gasteiger partial charge in [-0.15, -0.1) is 0 Å². The van der Waals surface area contributed by atoms with Crippen molar-refractivity contribution in [3.8, 4) is 0 Å². The normalized spacial score (nSPS) is 13.4. The van der Waals surface area contributed by atoms with E-state index in [0.29, 0.717) is 4.47 Å². The number of hydrogen-bond donors (Lipinski definition) is 2. The summed E-state index contributed by atoms with van der Waals surface area (Å²) >= 11 is 3.23. The highest BCUT2D eigenvalue weighted by atomic mass is 79.9. The largest absolute Gasteiger partial charge is 0.480 e. The zero-order chi connectivity index (χ0) is 13.2. The van der Waals surface area contributed by atoms with Gasteiger partial charge >= 0.3 is 5.97 Å². The first-order valence-electron chi connectivity index (χ1n) is 4.75. The Hall–Kier alpha value is -0.920. The Kier molecular flexibility index (Phi) is 4.29. The SMILES string of the molecule is Cc1ccc(S(=O)(=O)N[C@H](C)C(=O)O)cc1Br. The average molecular weight is 322 g/mol. The van der Waals surface area contributed by atoms with Crippen molar-refractivity contribution in [2.45, 2.75) is 24.8 Å². The van der Waals surface area contributed by atoms with Crippen LogP contribution in [0.2, 0.25) is 0 Å². The highest BCUT2D eigenvalue weighted by Crippen LogP contribution is 2.20. The third-order valence-electron chi connectivity index (χ3n) is 2.16. The molecule has 0 radical (unpaired) electrons. The Labute approximate surface area is 108 Å². The van der Waals surface area contributed by atoms with Crippen LogP contribution in [0.15, 0.2) is 27.6 Å². The van der Waals surface area contributed by atoms with Gasteiger partial charge in [0, 0.05) is 4.47 Å². The number of carboxylic acids is 1. The lowest BCUT2D eigenvalue weighted by Crippen LogP contribution is -2.38. The van der Waals surface area contributed by atoms with Gasteiger partial charge in [-0.1, -0.05) is 22.0 Å². The Morgan fingerprint density at radius 1 is 1.47 bits per heavy atom. The fourth-order valence-corrected chi connectivity index (χ4v) is 2.84. The number of nitrogens with one attached hydrogen (secondary N) is 1. The third-order valence-corrected chi connectivity index (χ3v) is 4.55. The molecule has 0 amide bonds. The van der Waals surface area contributed by atoms with Gasteiger partial charge in [0.05, 0.1) is 4.90 Å². The van der Waals surface area contributed by atoms with E-state index in [0.717, 1.165) is 5.56 Å². The van der Waals surface area contributed by atoms with Gasteiger partial charge in [-0.3, -0.25) is 4.79 Å². The molecule has 2 N–H and O–H groups in total. The standard InChI is InChI=1S/C10H12BrNO4S/c1-6-3-4-8(5-9(6)11)17(15,16)12-7(2)10(13)14/h3-5,7,12H,1-2H3,(H,13,14)/t7-/m1/s1. The van der Waals surface area contributed by atoms with Crippen molar-refractivity contribution >= 4 is 31.9 Å². The first-order valence-corrected chi connectivity index (χ1v) is 7.03. The molecule has 1 rings (SSSR count). The van der Waals surface area contributed by atoms with E-state index >= 15 is 0 Å². The zero-order valence-electron chi connectivity index (χ0n) is 9.27. The molecule has 0 aromatic heterocycles. The molecule has 0 saturated carbocycles. The van der Waals surface area contributed by atoms with E-state index in [1.54, 1.807) is 6.07 Å². The minimum absolute atomic E-state index is 0.0306. The van der Waals surface area contributed by atoms with Gasteiger partial charge in [0.25, 0.3) is 0 Å². The molecule has 94 valence electrons. The third kappa shape index (κ3) is 3.52. The second-order valence-electron chi connectivity index (χ2n) is 3.59. The fraction of sp³-hybridized carbons (Fsp3) is 0.300. The minimum atomic E-state index is -3.80.